The maximum atomic E-state index is 10.8. The molecule has 0 spiro atoms. The van der Waals surface area contributed by atoms with E-state index in [2.05, 4.69) is 4.98 Å². The average molecular weight is 291 g/mol. The van der Waals surface area contributed by atoms with Crippen molar-refractivity contribution < 1.29 is 14.6 Å². The SMILES string of the molecule is CCc1nc(CCOc2ccccc2)sc1CC(=O)O. The van der Waals surface area contributed by atoms with E-state index in [9.17, 15) is 4.79 Å². The molecule has 0 amide bonds. The lowest BCUT2D eigenvalue weighted by Crippen LogP contribution is -2.01. The third-order valence-corrected chi connectivity index (χ3v) is 3.95. The zero-order valence-electron chi connectivity index (χ0n) is 11.3. The predicted molar refractivity (Wildman–Crippen MR) is 78.5 cm³/mol. The van der Waals surface area contributed by atoms with Gasteiger partial charge in [-0.1, -0.05) is 25.1 Å². The van der Waals surface area contributed by atoms with Crippen LogP contribution in [0.5, 0.6) is 5.75 Å². The van der Waals surface area contributed by atoms with Gasteiger partial charge in [-0.3, -0.25) is 4.79 Å². The number of carboxylic acid groups (broad SMARTS) is 1. The first-order valence-corrected chi connectivity index (χ1v) is 7.37. The summed E-state index contributed by atoms with van der Waals surface area (Å²) in [4.78, 5) is 16.1. The number of thiazole rings is 1. The van der Waals surface area contributed by atoms with Crippen LogP contribution in [0.25, 0.3) is 0 Å². The van der Waals surface area contributed by atoms with Gasteiger partial charge < -0.3 is 9.84 Å². The van der Waals surface area contributed by atoms with Gasteiger partial charge in [-0.05, 0) is 18.6 Å². The highest BCUT2D eigenvalue weighted by molar-refractivity contribution is 7.11. The van der Waals surface area contributed by atoms with Crippen molar-refractivity contribution in [1.29, 1.82) is 0 Å². The van der Waals surface area contributed by atoms with E-state index in [-0.39, 0.29) is 6.42 Å². The quantitative estimate of drug-likeness (QED) is 0.852. The van der Waals surface area contributed by atoms with Crippen molar-refractivity contribution >= 4 is 17.3 Å². The summed E-state index contributed by atoms with van der Waals surface area (Å²) in [6.07, 6.45) is 1.52. The number of hydrogen-bond acceptors (Lipinski definition) is 4. The topological polar surface area (TPSA) is 59.4 Å². The predicted octanol–water partition coefficient (Wildman–Crippen LogP) is 2.95. The molecule has 0 unspecified atom stereocenters. The molecule has 0 saturated carbocycles. The molecule has 0 bridgehead atoms. The van der Waals surface area contributed by atoms with Crippen LogP contribution >= 0.6 is 11.3 Å². The molecule has 1 aromatic heterocycles. The Bertz CT molecular complexity index is 566. The van der Waals surface area contributed by atoms with Crippen LogP contribution in [0.4, 0.5) is 0 Å². The van der Waals surface area contributed by atoms with Gasteiger partial charge >= 0.3 is 5.97 Å². The minimum absolute atomic E-state index is 0.0559. The van der Waals surface area contributed by atoms with Gasteiger partial charge in [-0.15, -0.1) is 11.3 Å². The van der Waals surface area contributed by atoms with E-state index < -0.39 is 5.97 Å². The summed E-state index contributed by atoms with van der Waals surface area (Å²) in [5.74, 6) is 0.0287. The Hall–Kier alpha value is -1.88. The van der Waals surface area contributed by atoms with E-state index in [4.69, 9.17) is 9.84 Å². The maximum Gasteiger partial charge on any atom is 0.308 e. The second-order valence-electron chi connectivity index (χ2n) is 4.31. The smallest absolute Gasteiger partial charge is 0.308 e. The maximum absolute atomic E-state index is 10.8. The van der Waals surface area contributed by atoms with E-state index in [0.717, 1.165) is 27.7 Å². The van der Waals surface area contributed by atoms with E-state index in [1.165, 1.54) is 11.3 Å². The fourth-order valence-corrected chi connectivity index (χ4v) is 3.00. The highest BCUT2D eigenvalue weighted by atomic mass is 32.1. The zero-order chi connectivity index (χ0) is 14.4. The molecule has 0 fully saturated rings. The number of nitrogens with zero attached hydrogens (tertiary/aromatic N) is 1. The van der Waals surface area contributed by atoms with E-state index in [1.807, 2.05) is 37.3 Å². The van der Waals surface area contributed by atoms with Crippen LogP contribution in [0.1, 0.15) is 22.5 Å². The largest absolute Gasteiger partial charge is 0.493 e. The molecule has 5 heteroatoms. The summed E-state index contributed by atoms with van der Waals surface area (Å²) in [5, 5.41) is 9.81. The van der Waals surface area contributed by atoms with Crippen LogP contribution in [0.3, 0.4) is 0 Å². The summed E-state index contributed by atoms with van der Waals surface area (Å²) < 4.78 is 5.62. The fraction of sp³-hybridized carbons (Fsp3) is 0.333. The molecule has 1 heterocycles. The second kappa shape index (κ2) is 7.05. The van der Waals surface area contributed by atoms with Gasteiger partial charge in [0.2, 0.25) is 0 Å². The van der Waals surface area contributed by atoms with E-state index in [0.29, 0.717) is 13.0 Å². The first-order chi connectivity index (χ1) is 9.69. The van der Waals surface area contributed by atoms with Crippen LogP contribution < -0.4 is 4.74 Å². The van der Waals surface area contributed by atoms with Crippen molar-refractivity contribution in [3.63, 3.8) is 0 Å². The van der Waals surface area contributed by atoms with Gasteiger partial charge in [-0.25, -0.2) is 4.98 Å². The molecule has 106 valence electrons. The normalized spacial score (nSPS) is 10.4. The molecule has 0 aliphatic rings. The molecule has 0 radical (unpaired) electrons. The molecule has 20 heavy (non-hydrogen) atoms. The monoisotopic (exact) mass is 291 g/mol. The van der Waals surface area contributed by atoms with Gasteiger partial charge in [0.25, 0.3) is 0 Å². The van der Waals surface area contributed by atoms with Crippen LogP contribution in [-0.4, -0.2) is 22.7 Å². The van der Waals surface area contributed by atoms with Crippen molar-refractivity contribution in [3.8, 4) is 5.75 Å². The Labute approximate surface area is 122 Å². The molecule has 0 atom stereocenters. The highest BCUT2D eigenvalue weighted by Crippen LogP contribution is 2.21. The molecular formula is C15H17NO3S. The summed E-state index contributed by atoms with van der Waals surface area (Å²) >= 11 is 1.48. The van der Waals surface area contributed by atoms with Crippen LogP contribution in [0.15, 0.2) is 30.3 Å². The second-order valence-corrected chi connectivity index (χ2v) is 5.48. The van der Waals surface area contributed by atoms with Crippen molar-refractivity contribution in [1.82, 2.24) is 4.98 Å². The fourth-order valence-electron chi connectivity index (χ4n) is 1.87. The van der Waals surface area contributed by atoms with Crippen LogP contribution in [0, 0.1) is 0 Å². The summed E-state index contributed by atoms with van der Waals surface area (Å²) in [5.41, 5.74) is 0.895. The number of benzene rings is 1. The molecule has 1 aromatic carbocycles. The standard InChI is InChI=1S/C15H17NO3S/c1-2-12-13(10-15(17)18)20-14(16-12)8-9-19-11-6-4-3-5-7-11/h3-7H,2,8-10H2,1H3,(H,17,18). The third-order valence-electron chi connectivity index (χ3n) is 2.80. The lowest BCUT2D eigenvalue weighted by Gasteiger charge is -2.03. The zero-order valence-corrected chi connectivity index (χ0v) is 12.2. The molecule has 1 N–H and O–H groups in total. The Morgan fingerprint density at radius 1 is 1.35 bits per heavy atom. The summed E-state index contributed by atoms with van der Waals surface area (Å²) in [7, 11) is 0. The van der Waals surface area contributed by atoms with Crippen molar-refractivity contribution in [2.45, 2.75) is 26.2 Å². The summed E-state index contributed by atoms with van der Waals surface area (Å²) in [6.45, 7) is 2.54. The van der Waals surface area contributed by atoms with E-state index in [1.54, 1.807) is 0 Å². The third kappa shape index (κ3) is 4.06. The lowest BCUT2D eigenvalue weighted by atomic mass is 10.2. The number of aliphatic carboxylic acids is 1. The Balaban J connectivity index is 1.92. The first kappa shape index (κ1) is 14.5. The number of aryl methyl sites for hydroxylation is 1. The average Bonchev–Trinajstić information content (AvgIpc) is 2.81. The molecule has 2 rings (SSSR count). The number of ether oxygens (including phenoxy) is 1. The molecule has 2 aromatic rings. The van der Waals surface area contributed by atoms with Gasteiger partial charge in [0.1, 0.15) is 5.75 Å². The van der Waals surface area contributed by atoms with Crippen molar-refractivity contribution in [3.05, 3.63) is 45.9 Å². The number of aromatic nitrogens is 1. The number of para-hydroxylation sites is 1. The minimum atomic E-state index is -0.810. The molecule has 0 aliphatic carbocycles. The van der Waals surface area contributed by atoms with Crippen molar-refractivity contribution in [2.75, 3.05) is 6.61 Å². The number of hydrogen-bond donors (Lipinski definition) is 1. The van der Waals surface area contributed by atoms with Crippen LogP contribution in [0.2, 0.25) is 0 Å². The first-order valence-electron chi connectivity index (χ1n) is 6.56. The molecule has 0 aliphatic heterocycles. The molecule has 4 nitrogen and oxygen atoms in total. The lowest BCUT2D eigenvalue weighted by molar-refractivity contribution is -0.136. The Morgan fingerprint density at radius 2 is 2.10 bits per heavy atom. The van der Waals surface area contributed by atoms with Crippen molar-refractivity contribution in [2.24, 2.45) is 0 Å². The Kier molecular flexibility index (Phi) is 5.12. The van der Waals surface area contributed by atoms with Gasteiger partial charge in [-0.2, -0.15) is 0 Å². The molecular weight excluding hydrogens is 274 g/mol. The minimum Gasteiger partial charge on any atom is -0.493 e. The Morgan fingerprint density at radius 3 is 2.75 bits per heavy atom. The van der Waals surface area contributed by atoms with Gasteiger partial charge in [0, 0.05) is 11.3 Å². The highest BCUT2D eigenvalue weighted by Gasteiger charge is 2.12. The number of carboxylic acids is 1. The van der Waals surface area contributed by atoms with Gasteiger partial charge in [0.05, 0.1) is 23.7 Å². The summed E-state index contributed by atoms with van der Waals surface area (Å²) in [6, 6.07) is 9.63. The van der Waals surface area contributed by atoms with Gasteiger partial charge in [0.15, 0.2) is 0 Å². The molecule has 0 saturated heterocycles. The number of rotatable bonds is 7. The number of carbonyl (C=O) groups is 1. The van der Waals surface area contributed by atoms with E-state index >= 15 is 0 Å². The van der Waals surface area contributed by atoms with Crippen LogP contribution in [-0.2, 0) is 24.1 Å².